The van der Waals surface area contributed by atoms with Crippen LogP contribution < -0.4 is 4.74 Å². The van der Waals surface area contributed by atoms with Crippen molar-refractivity contribution in [2.75, 3.05) is 25.6 Å². The van der Waals surface area contributed by atoms with E-state index in [0.717, 1.165) is 5.56 Å². The van der Waals surface area contributed by atoms with Gasteiger partial charge in [0.2, 0.25) is 0 Å². The fourth-order valence-corrected chi connectivity index (χ4v) is 1.39. The largest absolute Gasteiger partial charge is 0.484 e. The van der Waals surface area contributed by atoms with Crippen molar-refractivity contribution in [1.82, 2.24) is 0 Å². The predicted octanol–water partition coefficient (Wildman–Crippen LogP) is 2.23. The van der Waals surface area contributed by atoms with Gasteiger partial charge >= 0.3 is 5.69 Å². The number of thiol groups is 1. The monoisotopic (exact) mass is 257 g/mol. The molecule has 0 fully saturated rings. The molecule has 0 N–H and O–H groups in total. The molecule has 5 nitrogen and oxygen atoms in total. The summed E-state index contributed by atoms with van der Waals surface area (Å²) >= 11 is 3.99. The van der Waals surface area contributed by atoms with Crippen molar-refractivity contribution in [3.05, 3.63) is 33.9 Å². The summed E-state index contributed by atoms with van der Waals surface area (Å²) in [6, 6.07) is 4.78. The zero-order valence-corrected chi connectivity index (χ0v) is 10.5. The summed E-state index contributed by atoms with van der Waals surface area (Å²) in [5, 5.41) is 10.8. The first-order valence-electron chi connectivity index (χ1n) is 5.21. The molecule has 0 unspecified atom stereocenters. The molecular formula is C11H15NO4S. The molecule has 0 radical (unpaired) electrons. The maximum absolute atomic E-state index is 10.8. The van der Waals surface area contributed by atoms with E-state index in [1.165, 1.54) is 6.07 Å². The van der Waals surface area contributed by atoms with Gasteiger partial charge < -0.3 is 9.47 Å². The maximum atomic E-state index is 10.8. The Morgan fingerprint density at radius 3 is 2.76 bits per heavy atom. The summed E-state index contributed by atoms with van der Waals surface area (Å²) in [5.74, 6) is 0.925. The molecule has 6 heteroatoms. The van der Waals surface area contributed by atoms with E-state index in [0.29, 0.717) is 19.0 Å². The number of nitrogens with zero attached hydrogens (tertiary/aromatic N) is 1. The second-order valence-electron chi connectivity index (χ2n) is 3.41. The van der Waals surface area contributed by atoms with Crippen molar-refractivity contribution in [2.45, 2.75) is 6.92 Å². The van der Waals surface area contributed by atoms with E-state index in [1.807, 2.05) is 6.92 Å². The highest BCUT2D eigenvalue weighted by atomic mass is 32.1. The van der Waals surface area contributed by atoms with Crippen LogP contribution >= 0.6 is 12.6 Å². The number of ether oxygens (including phenoxy) is 2. The van der Waals surface area contributed by atoms with Gasteiger partial charge in [0.1, 0.15) is 6.61 Å². The van der Waals surface area contributed by atoms with Gasteiger partial charge in [-0.2, -0.15) is 12.6 Å². The molecule has 0 saturated carbocycles. The molecule has 0 heterocycles. The van der Waals surface area contributed by atoms with E-state index in [4.69, 9.17) is 9.47 Å². The maximum Gasteiger partial charge on any atom is 0.310 e. The Hall–Kier alpha value is -1.27. The molecule has 0 saturated heterocycles. The highest BCUT2D eigenvalue weighted by molar-refractivity contribution is 7.80. The van der Waals surface area contributed by atoms with Crippen LogP contribution in [0, 0.1) is 17.0 Å². The highest BCUT2D eigenvalue weighted by Crippen LogP contribution is 2.27. The van der Waals surface area contributed by atoms with Gasteiger partial charge in [-0.3, -0.25) is 10.1 Å². The first kappa shape index (κ1) is 13.8. The van der Waals surface area contributed by atoms with Gasteiger partial charge in [-0.25, -0.2) is 0 Å². The van der Waals surface area contributed by atoms with Gasteiger partial charge in [-0.1, -0.05) is 6.07 Å². The standard InChI is InChI=1S/C11H15NO4S/c1-9-2-3-10(12(13)14)11(8-9)16-5-4-15-6-7-17/h2-3,8,17H,4-7H2,1H3. The lowest BCUT2D eigenvalue weighted by molar-refractivity contribution is -0.385. The Morgan fingerprint density at radius 1 is 1.35 bits per heavy atom. The van der Waals surface area contributed by atoms with Crippen LogP contribution in [0.2, 0.25) is 0 Å². The third-order valence-electron chi connectivity index (χ3n) is 2.03. The van der Waals surface area contributed by atoms with Gasteiger partial charge in [-0.05, 0) is 18.6 Å². The fourth-order valence-electron chi connectivity index (χ4n) is 1.26. The van der Waals surface area contributed by atoms with Crippen molar-refractivity contribution in [1.29, 1.82) is 0 Å². The predicted molar refractivity (Wildman–Crippen MR) is 68.0 cm³/mol. The zero-order valence-electron chi connectivity index (χ0n) is 9.59. The van der Waals surface area contributed by atoms with Crippen LogP contribution in [0.3, 0.4) is 0 Å². The van der Waals surface area contributed by atoms with E-state index >= 15 is 0 Å². The number of hydrogen-bond acceptors (Lipinski definition) is 5. The summed E-state index contributed by atoms with van der Waals surface area (Å²) in [5.41, 5.74) is 0.895. The third-order valence-corrected chi connectivity index (χ3v) is 2.22. The normalized spacial score (nSPS) is 10.2. The van der Waals surface area contributed by atoms with Crippen molar-refractivity contribution in [2.24, 2.45) is 0 Å². The van der Waals surface area contributed by atoms with E-state index in [9.17, 15) is 10.1 Å². The number of benzene rings is 1. The molecule has 1 aromatic carbocycles. The lowest BCUT2D eigenvalue weighted by Gasteiger charge is -2.07. The minimum Gasteiger partial charge on any atom is -0.484 e. The lowest BCUT2D eigenvalue weighted by Crippen LogP contribution is -2.09. The van der Waals surface area contributed by atoms with Gasteiger partial charge in [0, 0.05) is 11.8 Å². The Bertz CT molecular complexity index is 384. The number of nitro groups is 1. The van der Waals surface area contributed by atoms with E-state index < -0.39 is 4.92 Å². The molecule has 1 aromatic rings. The summed E-state index contributed by atoms with van der Waals surface area (Å²) in [4.78, 5) is 10.3. The van der Waals surface area contributed by atoms with E-state index in [2.05, 4.69) is 12.6 Å². The molecule has 0 aliphatic rings. The Labute approximate surface area is 105 Å². The summed E-state index contributed by atoms with van der Waals surface area (Å²) in [6.45, 7) is 3.08. The Balaban J connectivity index is 2.56. The first-order chi connectivity index (χ1) is 8.15. The summed E-state index contributed by atoms with van der Waals surface area (Å²) in [7, 11) is 0. The first-order valence-corrected chi connectivity index (χ1v) is 5.85. The lowest BCUT2D eigenvalue weighted by atomic mass is 10.2. The Morgan fingerprint density at radius 2 is 2.12 bits per heavy atom. The minimum absolute atomic E-state index is 0.0233. The van der Waals surface area contributed by atoms with Crippen LogP contribution in [0.1, 0.15) is 5.56 Å². The average Bonchev–Trinajstić information content (AvgIpc) is 2.28. The van der Waals surface area contributed by atoms with Crippen LogP contribution in [-0.2, 0) is 4.74 Å². The highest BCUT2D eigenvalue weighted by Gasteiger charge is 2.14. The number of rotatable bonds is 7. The Kier molecular flexibility index (Phi) is 5.79. The van der Waals surface area contributed by atoms with Crippen LogP contribution in [0.15, 0.2) is 18.2 Å². The molecule has 0 aliphatic carbocycles. The van der Waals surface area contributed by atoms with Crippen molar-refractivity contribution in [3.63, 3.8) is 0 Å². The van der Waals surface area contributed by atoms with Crippen LogP contribution in [-0.4, -0.2) is 30.5 Å². The number of hydrogen-bond donors (Lipinski definition) is 1. The zero-order chi connectivity index (χ0) is 12.7. The average molecular weight is 257 g/mol. The summed E-state index contributed by atoms with van der Waals surface area (Å²) < 4.78 is 10.5. The minimum atomic E-state index is -0.455. The molecule has 0 aromatic heterocycles. The topological polar surface area (TPSA) is 61.6 Å². The quantitative estimate of drug-likeness (QED) is 0.352. The van der Waals surface area contributed by atoms with Gasteiger partial charge in [0.15, 0.2) is 5.75 Å². The van der Waals surface area contributed by atoms with Crippen LogP contribution in [0.4, 0.5) is 5.69 Å². The van der Waals surface area contributed by atoms with Gasteiger partial charge in [-0.15, -0.1) is 0 Å². The summed E-state index contributed by atoms with van der Waals surface area (Å²) in [6.07, 6.45) is 0. The molecule has 94 valence electrons. The van der Waals surface area contributed by atoms with Gasteiger partial charge in [0.05, 0.1) is 18.1 Å². The second kappa shape index (κ2) is 7.13. The van der Waals surface area contributed by atoms with Crippen LogP contribution in [0.25, 0.3) is 0 Å². The smallest absolute Gasteiger partial charge is 0.310 e. The molecule has 0 aliphatic heterocycles. The molecule has 0 bridgehead atoms. The van der Waals surface area contributed by atoms with Crippen LogP contribution in [0.5, 0.6) is 5.75 Å². The number of aryl methyl sites for hydroxylation is 1. The molecule has 0 atom stereocenters. The van der Waals surface area contributed by atoms with Crippen molar-refractivity contribution < 1.29 is 14.4 Å². The molecule has 0 spiro atoms. The molecule has 0 amide bonds. The van der Waals surface area contributed by atoms with E-state index in [-0.39, 0.29) is 18.0 Å². The molecule has 1 rings (SSSR count). The van der Waals surface area contributed by atoms with Crippen molar-refractivity contribution >= 4 is 18.3 Å². The van der Waals surface area contributed by atoms with Crippen molar-refractivity contribution in [3.8, 4) is 5.75 Å². The third kappa shape index (κ3) is 4.62. The molecular weight excluding hydrogens is 242 g/mol. The molecule has 17 heavy (non-hydrogen) atoms. The van der Waals surface area contributed by atoms with Gasteiger partial charge in [0.25, 0.3) is 0 Å². The fraction of sp³-hybridized carbons (Fsp3) is 0.455. The second-order valence-corrected chi connectivity index (χ2v) is 3.86. The van der Waals surface area contributed by atoms with E-state index in [1.54, 1.807) is 12.1 Å². The number of nitro benzene ring substituents is 1. The SMILES string of the molecule is Cc1ccc([N+](=O)[O-])c(OCCOCCS)c1.